The van der Waals surface area contributed by atoms with Gasteiger partial charge in [-0.1, -0.05) is 18.2 Å². The highest BCUT2D eigenvalue weighted by Crippen LogP contribution is 2.58. The number of amides is 1. The zero-order valence-electron chi connectivity index (χ0n) is 12.2. The first-order chi connectivity index (χ1) is 10.2. The van der Waals surface area contributed by atoms with Crippen molar-refractivity contribution >= 4 is 23.4 Å². The van der Waals surface area contributed by atoms with Crippen LogP contribution in [-0.2, 0) is 4.79 Å². The molecule has 2 aliphatic rings. The second kappa shape index (κ2) is 6.24. The summed E-state index contributed by atoms with van der Waals surface area (Å²) in [4.78, 5) is 13.6. The second-order valence-electron chi connectivity index (χ2n) is 5.95. The van der Waals surface area contributed by atoms with Gasteiger partial charge in [0.25, 0.3) is 0 Å². The van der Waals surface area contributed by atoms with Crippen molar-refractivity contribution in [3.05, 3.63) is 36.9 Å². The average molecular weight is 302 g/mol. The minimum atomic E-state index is 0.198. The Balaban J connectivity index is 1.64. The zero-order chi connectivity index (χ0) is 14.7. The Kier molecular flexibility index (Phi) is 4.36. The first kappa shape index (κ1) is 14.7. The SMILES string of the molecule is C=CCSc1ccccc1NC(=O)C1CC12CCNCC2. The Morgan fingerprint density at radius 1 is 1.43 bits per heavy atom. The van der Waals surface area contributed by atoms with Gasteiger partial charge < -0.3 is 10.6 Å². The third-order valence-electron chi connectivity index (χ3n) is 4.61. The van der Waals surface area contributed by atoms with Crippen LogP contribution < -0.4 is 10.6 Å². The summed E-state index contributed by atoms with van der Waals surface area (Å²) in [6.07, 6.45) is 5.21. The number of carbonyl (C=O) groups excluding carboxylic acids is 1. The molecule has 4 heteroatoms. The number of piperidine rings is 1. The zero-order valence-corrected chi connectivity index (χ0v) is 13.0. The van der Waals surface area contributed by atoms with E-state index in [1.807, 2.05) is 24.3 Å². The van der Waals surface area contributed by atoms with Gasteiger partial charge in [0.2, 0.25) is 5.91 Å². The van der Waals surface area contributed by atoms with E-state index in [0.717, 1.165) is 48.7 Å². The number of nitrogens with one attached hydrogen (secondary N) is 2. The Hall–Kier alpha value is -1.26. The third-order valence-corrected chi connectivity index (χ3v) is 5.68. The van der Waals surface area contributed by atoms with E-state index in [9.17, 15) is 4.79 Å². The molecule has 1 aliphatic carbocycles. The molecule has 1 amide bonds. The van der Waals surface area contributed by atoms with Crippen LogP contribution in [-0.4, -0.2) is 24.7 Å². The van der Waals surface area contributed by atoms with Gasteiger partial charge in [-0.05, 0) is 49.9 Å². The van der Waals surface area contributed by atoms with Gasteiger partial charge in [-0.25, -0.2) is 0 Å². The molecule has 1 spiro atoms. The normalized spacial score (nSPS) is 22.8. The number of thioether (sulfide) groups is 1. The van der Waals surface area contributed by atoms with E-state index >= 15 is 0 Å². The molecule has 112 valence electrons. The second-order valence-corrected chi connectivity index (χ2v) is 7.02. The number of hydrogen-bond donors (Lipinski definition) is 2. The van der Waals surface area contributed by atoms with E-state index in [0.29, 0.717) is 5.41 Å². The van der Waals surface area contributed by atoms with Gasteiger partial charge in [-0.15, -0.1) is 18.3 Å². The smallest absolute Gasteiger partial charge is 0.228 e. The van der Waals surface area contributed by atoms with E-state index in [-0.39, 0.29) is 11.8 Å². The quantitative estimate of drug-likeness (QED) is 0.648. The topological polar surface area (TPSA) is 41.1 Å². The standard InChI is InChI=1S/C17H22N2OS/c1-2-11-21-15-6-4-3-5-14(15)19-16(20)13-12-17(13)7-9-18-10-8-17/h2-6,13,18H,1,7-12H2,(H,19,20). The first-order valence-corrected chi connectivity index (χ1v) is 8.58. The number of benzene rings is 1. The molecule has 2 N–H and O–H groups in total. The summed E-state index contributed by atoms with van der Waals surface area (Å²) < 4.78 is 0. The molecule has 21 heavy (non-hydrogen) atoms. The maximum atomic E-state index is 12.5. The largest absolute Gasteiger partial charge is 0.325 e. The number of rotatable bonds is 5. The summed E-state index contributed by atoms with van der Waals surface area (Å²) in [7, 11) is 0. The van der Waals surface area contributed by atoms with E-state index in [2.05, 4.69) is 23.3 Å². The molecule has 2 fully saturated rings. The number of carbonyl (C=O) groups is 1. The number of anilines is 1. The van der Waals surface area contributed by atoms with Gasteiger partial charge in [0.1, 0.15) is 0 Å². The molecule has 1 aromatic carbocycles. The summed E-state index contributed by atoms with van der Waals surface area (Å²) in [6.45, 7) is 5.85. The van der Waals surface area contributed by atoms with Crippen LogP contribution in [0, 0.1) is 11.3 Å². The molecule has 1 unspecified atom stereocenters. The number of hydrogen-bond acceptors (Lipinski definition) is 3. The van der Waals surface area contributed by atoms with Crippen LogP contribution in [0.5, 0.6) is 0 Å². The highest BCUT2D eigenvalue weighted by molar-refractivity contribution is 7.99. The van der Waals surface area contributed by atoms with Crippen molar-refractivity contribution in [1.29, 1.82) is 0 Å². The first-order valence-electron chi connectivity index (χ1n) is 7.59. The fourth-order valence-corrected chi connectivity index (χ4v) is 4.01. The predicted octanol–water partition coefficient (Wildman–Crippen LogP) is 3.29. The average Bonchev–Trinajstić information content (AvgIpc) is 3.20. The maximum absolute atomic E-state index is 12.5. The molecule has 1 saturated heterocycles. The molecule has 3 rings (SSSR count). The minimum Gasteiger partial charge on any atom is -0.325 e. The van der Waals surface area contributed by atoms with Crippen LogP contribution >= 0.6 is 11.8 Å². The lowest BCUT2D eigenvalue weighted by molar-refractivity contribution is -0.118. The van der Waals surface area contributed by atoms with Crippen molar-refractivity contribution in [2.75, 3.05) is 24.2 Å². The van der Waals surface area contributed by atoms with Crippen molar-refractivity contribution in [3.8, 4) is 0 Å². The Morgan fingerprint density at radius 3 is 2.95 bits per heavy atom. The summed E-state index contributed by atoms with van der Waals surface area (Å²) in [5, 5.41) is 6.52. The van der Waals surface area contributed by atoms with Crippen molar-refractivity contribution in [2.45, 2.75) is 24.2 Å². The fraction of sp³-hybridized carbons (Fsp3) is 0.471. The molecule has 1 saturated carbocycles. The van der Waals surface area contributed by atoms with Crippen molar-refractivity contribution in [3.63, 3.8) is 0 Å². The molecule has 1 heterocycles. The van der Waals surface area contributed by atoms with Gasteiger partial charge in [-0.2, -0.15) is 0 Å². The van der Waals surface area contributed by atoms with Crippen LogP contribution in [0.2, 0.25) is 0 Å². The van der Waals surface area contributed by atoms with Crippen LogP contribution in [0.4, 0.5) is 5.69 Å². The van der Waals surface area contributed by atoms with E-state index in [4.69, 9.17) is 0 Å². The minimum absolute atomic E-state index is 0.198. The fourth-order valence-electron chi connectivity index (χ4n) is 3.26. The summed E-state index contributed by atoms with van der Waals surface area (Å²) in [6, 6.07) is 8.02. The lowest BCUT2D eigenvalue weighted by Crippen LogP contribution is -2.31. The Labute approximate surface area is 130 Å². The molecule has 3 nitrogen and oxygen atoms in total. The third kappa shape index (κ3) is 3.16. The number of para-hydroxylation sites is 1. The highest BCUT2D eigenvalue weighted by Gasteiger charge is 2.57. The molecular weight excluding hydrogens is 280 g/mol. The van der Waals surface area contributed by atoms with Gasteiger partial charge >= 0.3 is 0 Å². The van der Waals surface area contributed by atoms with Crippen LogP contribution in [0.15, 0.2) is 41.8 Å². The van der Waals surface area contributed by atoms with Crippen LogP contribution in [0.25, 0.3) is 0 Å². The van der Waals surface area contributed by atoms with Crippen molar-refractivity contribution in [1.82, 2.24) is 5.32 Å². The summed E-state index contributed by atoms with van der Waals surface area (Å²) >= 11 is 1.71. The van der Waals surface area contributed by atoms with Gasteiger partial charge in [0, 0.05) is 16.6 Å². The molecule has 1 aliphatic heterocycles. The maximum Gasteiger partial charge on any atom is 0.228 e. The van der Waals surface area contributed by atoms with Crippen molar-refractivity contribution < 1.29 is 4.79 Å². The predicted molar refractivity (Wildman–Crippen MR) is 88.6 cm³/mol. The van der Waals surface area contributed by atoms with Gasteiger partial charge in [0.15, 0.2) is 0 Å². The molecule has 1 atom stereocenters. The van der Waals surface area contributed by atoms with Crippen LogP contribution in [0.3, 0.4) is 0 Å². The molecule has 1 aromatic rings. The van der Waals surface area contributed by atoms with E-state index in [1.54, 1.807) is 11.8 Å². The van der Waals surface area contributed by atoms with Crippen LogP contribution in [0.1, 0.15) is 19.3 Å². The Bertz CT molecular complexity index is 537. The van der Waals surface area contributed by atoms with Gasteiger partial charge in [-0.3, -0.25) is 4.79 Å². The molecular formula is C17H22N2OS. The molecule has 0 aromatic heterocycles. The van der Waals surface area contributed by atoms with E-state index in [1.165, 1.54) is 0 Å². The summed E-state index contributed by atoms with van der Waals surface area (Å²) in [5.41, 5.74) is 1.23. The van der Waals surface area contributed by atoms with E-state index < -0.39 is 0 Å². The van der Waals surface area contributed by atoms with Gasteiger partial charge in [0.05, 0.1) is 5.69 Å². The lowest BCUT2D eigenvalue weighted by Gasteiger charge is -2.23. The molecule has 0 bridgehead atoms. The summed E-state index contributed by atoms with van der Waals surface area (Å²) in [5.74, 6) is 1.26. The van der Waals surface area contributed by atoms with Crippen molar-refractivity contribution in [2.24, 2.45) is 11.3 Å². The Morgan fingerprint density at radius 2 is 2.19 bits per heavy atom. The molecule has 0 radical (unpaired) electrons. The lowest BCUT2D eigenvalue weighted by atomic mass is 9.92. The monoisotopic (exact) mass is 302 g/mol. The highest BCUT2D eigenvalue weighted by atomic mass is 32.2.